The molecule has 0 aromatic heterocycles. The summed E-state index contributed by atoms with van der Waals surface area (Å²) in [5.74, 6) is 0.134. The molecule has 96 valence electrons. The maximum absolute atomic E-state index is 13.8. The van der Waals surface area contributed by atoms with Gasteiger partial charge < -0.3 is 5.32 Å². The first-order chi connectivity index (χ1) is 8.62. The van der Waals surface area contributed by atoms with Crippen LogP contribution in [-0.4, -0.2) is 12.5 Å². The Hall–Kier alpha value is -1.38. The normalized spacial score (nSPS) is 20.6. The van der Waals surface area contributed by atoms with Crippen LogP contribution in [0.1, 0.15) is 41.6 Å². The number of nitrogens with one attached hydrogen (secondary N) is 1. The molecule has 1 N–H and O–H groups in total. The SMILES string of the molecule is Cc1cccc(C(=O)NCC2(C3CC3)CC2)c1F. The van der Waals surface area contributed by atoms with Crippen LogP contribution in [0.15, 0.2) is 18.2 Å². The van der Waals surface area contributed by atoms with Crippen LogP contribution in [0.4, 0.5) is 4.39 Å². The molecule has 0 unspecified atom stereocenters. The Morgan fingerprint density at radius 3 is 2.78 bits per heavy atom. The van der Waals surface area contributed by atoms with Crippen molar-refractivity contribution in [3.8, 4) is 0 Å². The molecule has 2 fully saturated rings. The van der Waals surface area contributed by atoms with Crippen LogP contribution in [0.2, 0.25) is 0 Å². The first-order valence-electron chi connectivity index (χ1n) is 6.66. The van der Waals surface area contributed by atoms with E-state index in [1.54, 1.807) is 25.1 Å². The van der Waals surface area contributed by atoms with E-state index in [2.05, 4.69) is 5.32 Å². The summed E-state index contributed by atoms with van der Waals surface area (Å²) in [5.41, 5.74) is 1.04. The maximum Gasteiger partial charge on any atom is 0.254 e. The zero-order valence-corrected chi connectivity index (χ0v) is 10.6. The highest BCUT2D eigenvalue weighted by atomic mass is 19.1. The summed E-state index contributed by atoms with van der Waals surface area (Å²) in [5, 5.41) is 2.91. The van der Waals surface area contributed by atoms with E-state index in [-0.39, 0.29) is 11.5 Å². The average molecular weight is 247 g/mol. The molecule has 2 aliphatic carbocycles. The number of benzene rings is 1. The van der Waals surface area contributed by atoms with Gasteiger partial charge in [-0.3, -0.25) is 4.79 Å². The lowest BCUT2D eigenvalue weighted by Crippen LogP contribution is -2.31. The summed E-state index contributed by atoms with van der Waals surface area (Å²) in [7, 11) is 0. The average Bonchev–Trinajstić information content (AvgIpc) is 3.22. The molecule has 1 aromatic rings. The number of amides is 1. The summed E-state index contributed by atoms with van der Waals surface area (Å²) in [6, 6.07) is 4.95. The number of halogens is 1. The fourth-order valence-corrected chi connectivity index (χ4v) is 2.76. The molecule has 2 saturated carbocycles. The van der Waals surface area contributed by atoms with Crippen LogP contribution in [0.25, 0.3) is 0 Å². The molecule has 0 heterocycles. The van der Waals surface area contributed by atoms with E-state index in [9.17, 15) is 9.18 Å². The number of hydrogen-bond acceptors (Lipinski definition) is 1. The van der Waals surface area contributed by atoms with E-state index in [1.807, 2.05) is 0 Å². The quantitative estimate of drug-likeness (QED) is 0.870. The Morgan fingerprint density at radius 1 is 1.44 bits per heavy atom. The van der Waals surface area contributed by atoms with Crippen molar-refractivity contribution in [2.24, 2.45) is 11.3 Å². The Morgan fingerprint density at radius 2 is 2.17 bits per heavy atom. The first-order valence-corrected chi connectivity index (χ1v) is 6.66. The molecule has 0 atom stereocenters. The van der Waals surface area contributed by atoms with Crippen molar-refractivity contribution < 1.29 is 9.18 Å². The van der Waals surface area contributed by atoms with Crippen molar-refractivity contribution in [1.29, 1.82) is 0 Å². The third kappa shape index (κ3) is 2.02. The summed E-state index contributed by atoms with van der Waals surface area (Å²) < 4.78 is 13.8. The minimum absolute atomic E-state index is 0.168. The Kier molecular flexibility index (Phi) is 2.65. The zero-order valence-electron chi connectivity index (χ0n) is 10.6. The van der Waals surface area contributed by atoms with Crippen LogP contribution in [0.3, 0.4) is 0 Å². The van der Waals surface area contributed by atoms with Gasteiger partial charge in [0.15, 0.2) is 0 Å². The highest BCUT2D eigenvalue weighted by Gasteiger charge is 2.53. The molecule has 0 spiro atoms. The van der Waals surface area contributed by atoms with Gasteiger partial charge in [-0.2, -0.15) is 0 Å². The molecule has 3 heteroatoms. The maximum atomic E-state index is 13.8. The largest absolute Gasteiger partial charge is 0.351 e. The topological polar surface area (TPSA) is 29.1 Å². The predicted octanol–water partition coefficient (Wildman–Crippen LogP) is 3.05. The minimum Gasteiger partial charge on any atom is -0.351 e. The van der Waals surface area contributed by atoms with Crippen molar-refractivity contribution in [3.63, 3.8) is 0 Å². The van der Waals surface area contributed by atoms with Crippen LogP contribution >= 0.6 is 0 Å². The third-order valence-corrected chi connectivity index (χ3v) is 4.37. The van der Waals surface area contributed by atoms with Crippen molar-refractivity contribution in [3.05, 3.63) is 35.1 Å². The fraction of sp³-hybridized carbons (Fsp3) is 0.533. The number of carbonyl (C=O) groups is 1. The number of aryl methyl sites for hydroxylation is 1. The summed E-state index contributed by atoms with van der Waals surface area (Å²) in [6.45, 7) is 2.39. The summed E-state index contributed by atoms with van der Waals surface area (Å²) in [6.07, 6.45) is 5.03. The smallest absolute Gasteiger partial charge is 0.254 e. The first kappa shape index (κ1) is 11.7. The van der Waals surface area contributed by atoms with Gasteiger partial charge in [0.1, 0.15) is 5.82 Å². The molecule has 0 radical (unpaired) electrons. The van der Waals surface area contributed by atoms with Gasteiger partial charge in [0.25, 0.3) is 5.91 Å². The van der Waals surface area contributed by atoms with Gasteiger partial charge in [0, 0.05) is 6.54 Å². The van der Waals surface area contributed by atoms with Crippen molar-refractivity contribution in [2.75, 3.05) is 6.54 Å². The van der Waals surface area contributed by atoms with Crippen LogP contribution < -0.4 is 5.32 Å². The van der Waals surface area contributed by atoms with Crippen LogP contribution in [0, 0.1) is 24.1 Å². The minimum atomic E-state index is -0.397. The second kappa shape index (κ2) is 4.08. The molecule has 18 heavy (non-hydrogen) atoms. The molecule has 1 aromatic carbocycles. The number of hydrogen-bond donors (Lipinski definition) is 1. The molecular formula is C15H18FNO. The molecular weight excluding hydrogens is 229 g/mol. The molecule has 0 bridgehead atoms. The van der Waals surface area contributed by atoms with E-state index in [1.165, 1.54) is 25.7 Å². The number of carbonyl (C=O) groups excluding carboxylic acids is 1. The highest BCUT2D eigenvalue weighted by Crippen LogP contribution is 2.60. The molecule has 2 aliphatic rings. The number of rotatable bonds is 4. The monoisotopic (exact) mass is 247 g/mol. The van der Waals surface area contributed by atoms with Crippen LogP contribution in [-0.2, 0) is 0 Å². The third-order valence-electron chi connectivity index (χ3n) is 4.37. The Bertz CT molecular complexity index is 489. The Balaban J connectivity index is 1.66. The van der Waals surface area contributed by atoms with Gasteiger partial charge >= 0.3 is 0 Å². The molecule has 0 saturated heterocycles. The lowest BCUT2D eigenvalue weighted by molar-refractivity contribution is 0.0938. The van der Waals surface area contributed by atoms with Gasteiger partial charge in [0.05, 0.1) is 5.56 Å². The van der Waals surface area contributed by atoms with Gasteiger partial charge in [-0.05, 0) is 55.6 Å². The van der Waals surface area contributed by atoms with Gasteiger partial charge in [-0.1, -0.05) is 12.1 Å². The second-order valence-electron chi connectivity index (χ2n) is 5.76. The van der Waals surface area contributed by atoms with E-state index < -0.39 is 5.82 Å². The molecule has 1 amide bonds. The fourth-order valence-electron chi connectivity index (χ4n) is 2.76. The van der Waals surface area contributed by atoms with E-state index in [4.69, 9.17) is 0 Å². The zero-order chi connectivity index (χ0) is 12.8. The lowest BCUT2D eigenvalue weighted by Gasteiger charge is -2.15. The van der Waals surface area contributed by atoms with Crippen LogP contribution in [0.5, 0.6) is 0 Å². The lowest BCUT2D eigenvalue weighted by atomic mass is 10.0. The Labute approximate surface area is 107 Å². The summed E-state index contributed by atoms with van der Waals surface area (Å²) in [4.78, 5) is 12.0. The summed E-state index contributed by atoms with van der Waals surface area (Å²) >= 11 is 0. The van der Waals surface area contributed by atoms with Gasteiger partial charge in [-0.15, -0.1) is 0 Å². The molecule has 0 aliphatic heterocycles. The predicted molar refractivity (Wildman–Crippen MR) is 67.9 cm³/mol. The van der Waals surface area contributed by atoms with Crippen molar-refractivity contribution >= 4 is 5.91 Å². The van der Waals surface area contributed by atoms with Gasteiger partial charge in [-0.25, -0.2) is 4.39 Å². The highest BCUT2D eigenvalue weighted by molar-refractivity contribution is 5.94. The molecule has 2 nitrogen and oxygen atoms in total. The van der Waals surface area contributed by atoms with E-state index in [0.29, 0.717) is 17.5 Å². The molecule has 3 rings (SSSR count). The van der Waals surface area contributed by atoms with Crippen molar-refractivity contribution in [1.82, 2.24) is 5.32 Å². The standard InChI is InChI=1S/C15H18FNO/c1-10-3-2-4-12(13(10)16)14(18)17-9-15(7-8-15)11-5-6-11/h2-4,11H,5-9H2,1H3,(H,17,18). The second-order valence-corrected chi connectivity index (χ2v) is 5.76. The van der Waals surface area contributed by atoms with Gasteiger partial charge in [0.2, 0.25) is 0 Å². The van der Waals surface area contributed by atoms with Crippen molar-refractivity contribution in [2.45, 2.75) is 32.6 Å². The van der Waals surface area contributed by atoms with E-state index in [0.717, 1.165) is 5.92 Å². The van der Waals surface area contributed by atoms with E-state index >= 15 is 0 Å².